The van der Waals surface area contributed by atoms with E-state index in [1.165, 1.54) is 0 Å². The van der Waals surface area contributed by atoms with Crippen LogP contribution >= 0.6 is 0 Å². The molecular formula is C24H54N6O4. The van der Waals surface area contributed by atoms with Crippen molar-refractivity contribution in [3.63, 3.8) is 0 Å². The summed E-state index contributed by atoms with van der Waals surface area (Å²) >= 11 is 0. The summed E-state index contributed by atoms with van der Waals surface area (Å²) in [5.41, 5.74) is 15.9. The summed E-state index contributed by atoms with van der Waals surface area (Å²) in [6.45, 7) is 19.7. The van der Waals surface area contributed by atoms with E-state index < -0.39 is 35.9 Å². The largest absolute Gasteiger partial charge is 0.392 e. The maximum absolute atomic E-state index is 12.6. The molecule has 34 heavy (non-hydrogen) atoms. The molecule has 0 saturated heterocycles. The van der Waals surface area contributed by atoms with Gasteiger partial charge < -0.3 is 32.9 Å². The van der Waals surface area contributed by atoms with E-state index in [-0.39, 0.29) is 30.6 Å². The minimum atomic E-state index is -0.894. The first-order valence-corrected chi connectivity index (χ1v) is 12.6. The molecule has 0 aromatic heterocycles. The van der Waals surface area contributed by atoms with Crippen LogP contribution in [0.25, 0.3) is 0 Å². The molecule has 0 rings (SSSR count). The van der Waals surface area contributed by atoms with Gasteiger partial charge in [0.1, 0.15) is 12.1 Å². The maximum Gasteiger partial charge on any atom is 0.243 e. The number of nitrogens with zero attached hydrogens (tertiary/aromatic N) is 1. The molecule has 0 heterocycles. The van der Waals surface area contributed by atoms with Crippen molar-refractivity contribution in [2.24, 2.45) is 34.0 Å². The van der Waals surface area contributed by atoms with Crippen LogP contribution in [0.4, 0.5) is 0 Å². The van der Waals surface area contributed by atoms with Gasteiger partial charge in [-0.3, -0.25) is 19.4 Å². The Hall–Kier alpha value is -2.36. The summed E-state index contributed by atoms with van der Waals surface area (Å²) in [6.07, 6.45) is 0.211. The predicted octanol–water partition coefficient (Wildman–Crippen LogP) is 2.03. The molecule has 0 aliphatic rings. The van der Waals surface area contributed by atoms with Crippen LogP contribution in [0.1, 0.15) is 94.9 Å². The molecular weight excluding hydrogens is 436 g/mol. The minimum absolute atomic E-state index is 0.0528. The van der Waals surface area contributed by atoms with Gasteiger partial charge in [-0.1, -0.05) is 69.2 Å². The number of amides is 3. The van der Waals surface area contributed by atoms with Crippen molar-refractivity contribution in [1.82, 2.24) is 10.6 Å². The number of aliphatic imine (C=N–C) groups is 1. The number of carbonyl (C=O) groups excluding carboxylic acids is 3. The van der Waals surface area contributed by atoms with E-state index in [0.29, 0.717) is 19.4 Å². The average Bonchev–Trinajstić information content (AvgIpc) is 2.78. The highest BCUT2D eigenvalue weighted by Gasteiger charge is 2.27. The lowest BCUT2D eigenvalue weighted by atomic mass is 10.0. The second kappa shape index (κ2) is 25.3. The van der Waals surface area contributed by atoms with E-state index in [0.717, 1.165) is 0 Å². The van der Waals surface area contributed by atoms with Gasteiger partial charge in [-0.25, -0.2) is 0 Å². The molecule has 9 N–H and O–H groups in total. The summed E-state index contributed by atoms with van der Waals surface area (Å²) < 4.78 is 0. The number of aliphatic hydroxyl groups excluding tert-OH is 1. The van der Waals surface area contributed by atoms with Crippen LogP contribution in [-0.4, -0.2) is 53.5 Å². The fourth-order valence-electron chi connectivity index (χ4n) is 2.44. The third kappa shape index (κ3) is 22.8. The Morgan fingerprint density at radius 3 is 1.74 bits per heavy atom. The zero-order chi connectivity index (χ0) is 27.9. The first-order valence-electron chi connectivity index (χ1n) is 12.6. The number of carbonyl (C=O) groups is 3. The first-order chi connectivity index (χ1) is 15.9. The molecule has 10 nitrogen and oxygen atoms in total. The molecule has 3 amide bonds. The van der Waals surface area contributed by atoms with E-state index in [4.69, 9.17) is 17.2 Å². The van der Waals surface area contributed by atoms with Crippen LogP contribution in [0.15, 0.2) is 4.99 Å². The topological polar surface area (TPSA) is 186 Å². The van der Waals surface area contributed by atoms with Crippen molar-refractivity contribution in [2.75, 3.05) is 6.54 Å². The summed E-state index contributed by atoms with van der Waals surface area (Å²) in [4.78, 5) is 40.3. The molecule has 3 atom stereocenters. The Bertz CT molecular complexity index is 550. The van der Waals surface area contributed by atoms with E-state index in [1.807, 2.05) is 55.4 Å². The number of guanidine groups is 1. The van der Waals surface area contributed by atoms with E-state index in [9.17, 15) is 19.5 Å². The van der Waals surface area contributed by atoms with Crippen molar-refractivity contribution in [1.29, 1.82) is 0 Å². The summed E-state index contributed by atoms with van der Waals surface area (Å²) in [6, 6.07) is -1.72. The van der Waals surface area contributed by atoms with Gasteiger partial charge in [0.05, 0.1) is 12.5 Å². The summed E-state index contributed by atoms with van der Waals surface area (Å²) in [5, 5.41) is 15.1. The van der Waals surface area contributed by atoms with Gasteiger partial charge in [-0.05, 0) is 31.1 Å². The predicted molar refractivity (Wildman–Crippen MR) is 142 cm³/mol. The molecule has 0 fully saturated rings. The second-order valence-corrected chi connectivity index (χ2v) is 7.68. The zero-order valence-corrected chi connectivity index (χ0v) is 23.3. The van der Waals surface area contributed by atoms with Gasteiger partial charge in [-0.15, -0.1) is 0 Å². The lowest BCUT2D eigenvalue weighted by Crippen LogP contribution is -2.53. The monoisotopic (exact) mass is 490 g/mol. The highest BCUT2D eigenvalue weighted by atomic mass is 16.3. The van der Waals surface area contributed by atoms with Gasteiger partial charge in [0.15, 0.2) is 5.96 Å². The Balaban J connectivity index is -0.000000689. The average molecular weight is 491 g/mol. The quantitative estimate of drug-likeness (QED) is 0.130. The van der Waals surface area contributed by atoms with Crippen molar-refractivity contribution in [3.05, 3.63) is 0 Å². The SMILES string of the molecule is CC.CC.CC.CC(C)C[C@H](NC(=O)CC(O)C(C)C)C(=O)NC(CCCN=C(N)N)C(N)=O. The second-order valence-electron chi connectivity index (χ2n) is 7.68. The van der Waals surface area contributed by atoms with E-state index in [1.54, 1.807) is 13.8 Å². The summed E-state index contributed by atoms with van der Waals surface area (Å²) in [5.74, 6) is -1.60. The van der Waals surface area contributed by atoms with Crippen molar-refractivity contribution >= 4 is 23.7 Å². The molecule has 0 aromatic rings. The van der Waals surface area contributed by atoms with Crippen LogP contribution in [0.2, 0.25) is 0 Å². The fourth-order valence-corrected chi connectivity index (χ4v) is 2.44. The smallest absolute Gasteiger partial charge is 0.243 e. The molecule has 0 aliphatic heterocycles. The normalized spacial score (nSPS) is 12.3. The number of hydrogen-bond acceptors (Lipinski definition) is 5. The van der Waals surface area contributed by atoms with Gasteiger partial charge in [-0.2, -0.15) is 0 Å². The van der Waals surface area contributed by atoms with Gasteiger partial charge >= 0.3 is 0 Å². The molecule has 0 radical (unpaired) electrons. The molecule has 0 aliphatic carbocycles. The van der Waals surface area contributed by atoms with Crippen molar-refractivity contribution in [3.8, 4) is 0 Å². The van der Waals surface area contributed by atoms with Gasteiger partial charge in [0, 0.05) is 6.54 Å². The zero-order valence-electron chi connectivity index (χ0n) is 23.3. The van der Waals surface area contributed by atoms with Gasteiger partial charge in [0.25, 0.3) is 0 Å². The van der Waals surface area contributed by atoms with Crippen molar-refractivity contribution in [2.45, 2.75) is 113 Å². The van der Waals surface area contributed by atoms with Gasteiger partial charge in [0.2, 0.25) is 17.7 Å². The maximum atomic E-state index is 12.6. The molecule has 2 unspecified atom stereocenters. The third-order valence-electron chi connectivity index (χ3n) is 4.13. The standard InChI is InChI=1S/C18H36N6O4.3C2H6/c1-10(2)8-13(23-15(26)9-14(25)11(3)4)17(28)24-12(16(19)27)6-5-7-22-18(20)21;3*1-2/h10-14,25H,5-9H2,1-4H3,(H2,19,27)(H,23,26)(H,24,28)(H4,20,21,22);3*1-2H3/t12?,13-,14?;;;/m0.../s1. The van der Waals surface area contributed by atoms with Crippen LogP contribution < -0.4 is 27.8 Å². The van der Waals surface area contributed by atoms with E-state index in [2.05, 4.69) is 15.6 Å². The van der Waals surface area contributed by atoms with Crippen LogP contribution in [0, 0.1) is 11.8 Å². The number of rotatable bonds is 13. The Kier molecular flexibility index (Phi) is 28.9. The fraction of sp³-hybridized carbons (Fsp3) is 0.833. The Morgan fingerprint density at radius 2 is 1.35 bits per heavy atom. The first kappa shape index (κ1) is 38.9. The van der Waals surface area contributed by atoms with Crippen LogP contribution in [0.3, 0.4) is 0 Å². The Morgan fingerprint density at radius 1 is 0.853 bits per heavy atom. The molecule has 0 aromatic carbocycles. The Labute approximate surface area is 207 Å². The molecule has 10 heteroatoms. The van der Waals surface area contributed by atoms with Crippen molar-refractivity contribution < 1.29 is 19.5 Å². The highest BCUT2D eigenvalue weighted by molar-refractivity contribution is 5.91. The highest BCUT2D eigenvalue weighted by Crippen LogP contribution is 2.09. The number of primary amides is 1. The molecule has 0 bridgehead atoms. The molecule has 0 saturated carbocycles. The lowest BCUT2D eigenvalue weighted by molar-refractivity contribution is -0.132. The third-order valence-corrected chi connectivity index (χ3v) is 4.13. The number of aliphatic hydroxyl groups is 1. The lowest BCUT2D eigenvalue weighted by Gasteiger charge is -2.24. The van der Waals surface area contributed by atoms with Crippen LogP contribution in [-0.2, 0) is 14.4 Å². The number of nitrogens with one attached hydrogen (secondary N) is 2. The summed E-state index contributed by atoms with van der Waals surface area (Å²) in [7, 11) is 0. The van der Waals surface area contributed by atoms with Crippen LogP contribution in [0.5, 0.6) is 0 Å². The molecule has 0 spiro atoms. The molecule has 204 valence electrons. The minimum Gasteiger partial charge on any atom is -0.392 e. The number of nitrogens with two attached hydrogens (primary N) is 3. The van der Waals surface area contributed by atoms with E-state index >= 15 is 0 Å². The number of hydrogen-bond donors (Lipinski definition) is 6.